The van der Waals surface area contributed by atoms with Crippen LogP contribution in [0.3, 0.4) is 0 Å². The first-order chi connectivity index (χ1) is 8.59. The Balaban J connectivity index is 2.51. The number of carboxylic acid groups (broad SMARTS) is 1. The molecule has 92 valence electrons. The fraction of sp³-hybridized carbons (Fsp3) is 0.133. The van der Waals surface area contributed by atoms with Crippen molar-refractivity contribution in [3.05, 3.63) is 59.7 Å². The van der Waals surface area contributed by atoms with Crippen molar-refractivity contribution in [3.8, 4) is 11.1 Å². The molecule has 3 heteroatoms. The first-order valence-corrected chi connectivity index (χ1v) is 5.66. The second kappa shape index (κ2) is 5.02. The van der Waals surface area contributed by atoms with E-state index >= 15 is 0 Å². The third kappa shape index (κ3) is 2.41. The van der Waals surface area contributed by atoms with Gasteiger partial charge in [0.25, 0.3) is 0 Å². The molecule has 2 N–H and O–H groups in total. The first kappa shape index (κ1) is 12.3. The van der Waals surface area contributed by atoms with E-state index in [1.165, 1.54) is 0 Å². The molecule has 0 aliphatic carbocycles. The number of benzene rings is 2. The van der Waals surface area contributed by atoms with Crippen molar-refractivity contribution in [3.63, 3.8) is 0 Å². The van der Waals surface area contributed by atoms with E-state index in [-0.39, 0.29) is 0 Å². The maximum Gasteiger partial charge on any atom is 0.337 e. The zero-order valence-corrected chi connectivity index (χ0v) is 10.00. The highest BCUT2D eigenvalue weighted by Gasteiger charge is 2.19. The zero-order valence-electron chi connectivity index (χ0n) is 10.00. The van der Waals surface area contributed by atoms with Gasteiger partial charge in [-0.25, -0.2) is 4.79 Å². The van der Waals surface area contributed by atoms with Crippen LogP contribution < -0.4 is 0 Å². The minimum atomic E-state index is -1.50. The first-order valence-electron chi connectivity index (χ1n) is 5.66. The van der Waals surface area contributed by atoms with Gasteiger partial charge >= 0.3 is 5.97 Å². The van der Waals surface area contributed by atoms with Gasteiger partial charge in [0.15, 0.2) is 6.10 Å². The van der Waals surface area contributed by atoms with Crippen LogP contribution >= 0.6 is 0 Å². The highest BCUT2D eigenvalue weighted by Crippen LogP contribution is 2.28. The van der Waals surface area contributed by atoms with Gasteiger partial charge in [-0.05, 0) is 23.6 Å². The molecular formula is C15H14O3. The summed E-state index contributed by atoms with van der Waals surface area (Å²) in [5.74, 6) is -1.24. The summed E-state index contributed by atoms with van der Waals surface area (Å²) >= 11 is 0. The number of aliphatic carboxylic acids is 1. The molecule has 0 bridgehead atoms. The molecule has 0 aromatic heterocycles. The van der Waals surface area contributed by atoms with Crippen LogP contribution in [0.4, 0.5) is 0 Å². The van der Waals surface area contributed by atoms with Gasteiger partial charge in [0, 0.05) is 0 Å². The lowest BCUT2D eigenvalue weighted by Crippen LogP contribution is -2.11. The van der Waals surface area contributed by atoms with Crippen molar-refractivity contribution in [1.29, 1.82) is 0 Å². The predicted octanol–water partition coefficient (Wildman–Crippen LogP) is 2.78. The normalized spacial score (nSPS) is 12.1. The van der Waals surface area contributed by atoms with Gasteiger partial charge in [0.1, 0.15) is 0 Å². The van der Waals surface area contributed by atoms with Crippen LogP contribution in [0, 0.1) is 6.92 Å². The predicted molar refractivity (Wildman–Crippen MR) is 69.2 cm³/mol. The Morgan fingerprint density at radius 1 is 1.06 bits per heavy atom. The van der Waals surface area contributed by atoms with Crippen molar-refractivity contribution < 1.29 is 15.0 Å². The topological polar surface area (TPSA) is 57.5 Å². The van der Waals surface area contributed by atoms with Crippen LogP contribution in [0.1, 0.15) is 17.2 Å². The molecule has 3 nitrogen and oxygen atoms in total. The zero-order chi connectivity index (χ0) is 13.1. The van der Waals surface area contributed by atoms with E-state index in [1.807, 2.05) is 43.3 Å². The van der Waals surface area contributed by atoms with Crippen LogP contribution in [0.25, 0.3) is 11.1 Å². The maximum absolute atomic E-state index is 10.9. The summed E-state index contributed by atoms with van der Waals surface area (Å²) in [6, 6.07) is 14.7. The minimum absolute atomic E-state index is 0.411. The van der Waals surface area contributed by atoms with Crippen LogP contribution in [-0.4, -0.2) is 16.2 Å². The summed E-state index contributed by atoms with van der Waals surface area (Å²) in [7, 11) is 0. The Labute approximate surface area is 105 Å². The molecule has 1 unspecified atom stereocenters. The fourth-order valence-electron chi connectivity index (χ4n) is 1.86. The molecule has 18 heavy (non-hydrogen) atoms. The van der Waals surface area contributed by atoms with Gasteiger partial charge in [-0.2, -0.15) is 0 Å². The van der Waals surface area contributed by atoms with Crippen molar-refractivity contribution in [1.82, 2.24) is 0 Å². The molecule has 2 aromatic carbocycles. The molecule has 0 aliphatic heterocycles. The second-order valence-electron chi connectivity index (χ2n) is 4.19. The highest BCUT2D eigenvalue weighted by atomic mass is 16.4. The number of aryl methyl sites for hydroxylation is 1. The third-order valence-corrected chi connectivity index (χ3v) is 2.85. The van der Waals surface area contributed by atoms with E-state index in [4.69, 9.17) is 5.11 Å². The Morgan fingerprint density at radius 3 is 2.28 bits per heavy atom. The fourth-order valence-corrected chi connectivity index (χ4v) is 1.86. The maximum atomic E-state index is 10.9. The van der Waals surface area contributed by atoms with Crippen molar-refractivity contribution in [2.24, 2.45) is 0 Å². The monoisotopic (exact) mass is 242 g/mol. The lowest BCUT2D eigenvalue weighted by Gasteiger charge is -2.12. The van der Waals surface area contributed by atoms with Crippen LogP contribution in [0.15, 0.2) is 48.5 Å². The SMILES string of the molecule is Cc1ccc(-c2ccccc2C(O)C(=O)O)cc1. The third-order valence-electron chi connectivity index (χ3n) is 2.85. The van der Waals surface area contributed by atoms with Gasteiger partial charge in [0.05, 0.1) is 0 Å². The largest absolute Gasteiger partial charge is 0.479 e. The number of aliphatic hydroxyl groups excluding tert-OH is 1. The molecule has 0 amide bonds. The number of hydrogen-bond acceptors (Lipinski definition) is 2. The summed E-state index contributed by atoms with van der Waals surface area (Å²) in [4.78, 5) is 10.9. The Kier molecular flexibility index (Phi) is 3.44. The van der Waals surface area contributed by atoms with Gasteiger partial charge in [-0.1, -0.05) is 54.1 Å². The van der Waals surface area contributed by atoms with Crippen LogP contribution in [0.2, 0.25) is 0 Å². The number of aliphatic hydroxyl groups is 1. The highest BCUT2D eigenvalue weighted by molar-refractivity contribution is 5.79. The molecule has 2 aromatic rings. The average molecular weight is 242 g/mol. The van der Waals surface area contributed by atoms with E-state index in [9.17, 15) is 9.90 Å². The smallest absolute Gasteiger partial charge is 0.337 e. The molecule has 0 saturated heterocycles. The molecular weight excluding hydrogens is 228 g/mol. The molecule has 1 atom stereocenters. The number of carbonyl (C=O) groups is 1. The minimum Gasteiger partial charge on any atom is -0.479 e. The Morgan fingerprint density at radius 2 is 1.67 bits per heavy atom. The number of rotatable bonds is 3. The van der Waals surface area contributed by atoms with E-state index < -0.39 is 12.1 Å². The molecule has 2 rings (SSSR count). The molecule has 0 fully saturated rings. The molecule has 0 spiro atoms. The van der Waals surface area contributed by atoms with Gasteiger partial charge in [-0.3, -0.25) is 0 Å². The molecule has 0 heterocycles. The standard InChI is InChI=1S/C15H14O3/c1-10-6-8-11(9-7-10)12-4-2-3-5-13(12)14(16)15(17)18/h2-9,14,16H,1H3,(H,17,18). The summed E-state index contributed by atoms with van der Waals surface area (Å²) in [6.45, 7) is 1.99. The summed E-state index contributed by atoms with van der Waals surface area (Å²) < 4.78 is 0. The van der Waals surface area contributed by atoms with Gasteiger partial charge in [0.2, 0.25) is 0 Å². The number of carboxylic acids is 1. The van der Waals surface area contributed by atoms with Crippen molar-refractivity contribution in [2.75, 3.05) is 0 Å². The van der Waals surface area contributed by atoms with Crippen LogP contribution in [-0.2, 0) is 4.79 Å². The molecule has 0 saturated carbocycles. The lowest BCUT2D eigenvalue weighted by atomic mass is 9.96. The van der Waals surface area contributed by atoms with Crippen molar-refractivity contribution >= 4 is 5.97 Å². The summed E-state index contributed by atoms with van der Waals surface area (Å²) in [6.07, 6.45) is -1.50. The lowest BCUT2D eigenvalue weighted by molar-refractivity contribution is -0.146. The molecule has 0 aliphatic rings. The summed E-state index contributed by atoms with van der Waals surface area (Å²) in [5, 5.41) is 18.6. The van der Waals surface area contributed by atoms with Gasteiger partial charge in [-0.15, -0.1) is 0 Å². The summed E-state index contributed by atoms with van der Waals surface area (Å²) in [5.41, 5.74) is 3.19. The van der Waals surface area contributed by atoms with E-state index in [0.717, 1.165) is 16.7 Å². The van der Waals surface area contributed by atoms with Gasteiger partial charge < -0.3 is 10.2 Å². The van der Waals surface area contributed by atoms with Crippen molar-refractivity contribution in [2.45, 2.75) is 13.0 Å². The second-order valence-corrected chi connectivity index (χ2v) is 4.19. The van der Waals surface area contributed by atoms with E-state index in [1.54, 1.807) is 12.1 Å². The molecule has 0 radical (unpaired) electrons. The Bertz CT molecular complexity index is 558. The van der Waals surface area contributed by atoms with E-state index in [2.05, 4.69) is 0 Å². The quantitative estimate of drug-likeness (QED) is 0.870. The van der Waals surface area contributed by atoms with Crippen LogP contribution in [0.5, 0.6) is 0 Å². The number of hydrogen-bond donors (Lipinski definition) is 2. The Hall–Kier alpha value is -2.13. The average Bonchev–Trinajstić information content (AvgIpc) is 2.39. The van der Waals surface area contributed by atoms with E-state index in [0.29, 0.717) is 5.56 Å².